The maximum absolute atomic E-state index is 13.1. The van der Waals surface area contributed by atoms with E-state index in [0.717, 1.165) is 0 Å². The lowest BCUT2D eigenvalue weighted by Gasteiger charge is -2.06. The number of nitrogens with one attached hydrogen (secondary N) is 1. The van der Waals surface area contributed by atoms with Crippen molar-refractivity contribution in [3.8, 4) is 0 Å². The van der Waals surface area contributed by atoms with Crippen LogP contribution in [0.15, 0.2) is 40.9 Å². The molecule has 0 aliphatic heterocycles. The quantitative estimate of drug-likeness (QED) is 0.901. The first-order chi connectivity index (χ1) is 9.47. The largest absolute Gasteiger partial charge is 0.364 e. The molecule has 5 nitrogen and oxygen atoms in total. The molecule has 0 atom stereocenters. The number of hydrogen-bond acceptors (Lipinski definition) is 3. The van der Waals surface area contributed by atoms with Crippen molar-refractivity contribution < 1.29 is 14.0 Å². The van der Waals surface area contributed by atoms with Gasteiger partial charge in [0.15, 0.2) is 0 Å². The summed E-state index contributed by atoms with van der Waals surface area (Å²) >= 11 is 3.00. The van der Waals surface area contributed by atoms with Gasteiger partial charge in [-0.3, -0.25) is 9.59 Å². The van der Waals surface area contributed by atoms with Gasteiger partial charge >= 0.3 is 0 Å². The Bertz CT molecular complexity index is 691. The summed E-state index contributed by atoms with van der Waals surface area (Å²) in [5, 5.41) is 2.50. The molecule has 1 heterocycles. The van der Waals surface area contributed by atoms with Crippen LogP contribution in [0, 0.1) is 5.82 Å². The van der Waals surface area contributed by atoms with Gasteiger partial charge in [-0.2, -0.15) is 0 Å². The van der Waals surface area contributed by atoms with Crippen molar-refractivity contribution in [3.63, 3.8) is 0 Å². The zero-order chi connectivity index (χ0) is 14.7. The number of primary amides is 1. The van der Waals surface area contributed by atoms with E-state index < -0.39 is 17.6 Å². The lowest BCUT2D eigenvalue weighted by atomic mass is 10.2. The normalized spacial score (nSPS) is 10.1. The highest BCUT2D eigenvalue weighted by Crippen LogP contribution is 2.17. The van der Waals surface area contributed by atoms with Gasteiger partial charge in [0.05, 0.1) is 4.47 Å². The van der Waals surface area contributed by atoms with Crippen LogP contribution in [0.25, 0.3) is 0 Å². The number of benzene rings is 1. The number of anilines is 1. The van der Waals surface area contributed by atoms with E-state index in [4.69, 9.17) is 5.73 Å². The van der Waals surface area contributed by atoms with Crippen molar-refractivity contribution in [3.05, 3.63) is 57.9 Å². The molecule has 20 heavy (non-hydrogen) atoms. The summed E-state index contributed by atoms with van der Waals surface area (Å²) in [5.74, 6) is -1.44. The number of nitrogens with zero attached hydrogens (tertiary/aromatic N) is 1. The van der Waals surface area contributed by atoms with Crippen molar-refractivity contribution >= 4 is 33.6 Å². The summed E-state index contributed by atoms with van der Waals surface area (Å²) < 4.78 is 13.3. The second-order valence-electron chi connectivity index (χ2n) is 3.86. The Kier molecular flexibility index (Phi) is 4.09. The molecule has 1 aromatic heterocycles. The van der Waals surface area contributed by atoms with Crippen LogP contribution in [0.5, 0.6) is 0 Å². The van der Waals surface area contributed by atoms with Crippen molar-refractivity contribution in [1.82, 2.24) is 4.98 Å². The molecule has 0 aliphatic rings. The molecule has 2 aromatic rings. The number of carbonyl (C=O) groups is 2. The Labute approximate surface area is 122 Å². The van der Waals surface area contributed by atoms with E-state index in [-0.39, 0.29) is 21.5 Å². The predicted molar refractivity (Wildman–Crippen MR) is 74.8 cm³/mol. The molecule has 0 radical (unpaired) electrons. The van der Waals surface area contributed by atoms with Crippen molar-refractivity contribution in [2.45, 2.75) is 0 Å². The number of rotatable bonds is 3. The van der Waals surface area contributed by atoms with E-state index in [2.05, 4.69) is 26.2 Å². The number of amides is 2. The summed E-state index contributed by atoms with van der Waals surface area (Å²) in [4.78, 5) is 26.8. The number of nitrogens with two attached hydrogens (primary N) is 1. The molecule has 7 heteroatoms. The zero-order valence-corrected chi connectivity index (χ0v) is 11.6. The first-order valence-corrected chi connectivity index (χ1v) is 6.30. The number of aromatic nitrogens is 1. The second kappa shape index (κ2) is 5.79. The Morgan fingerprint density at radius 2 is 2.00 bits per heavy atom. The summed E-state index contributed by atoms with van der Waals surface area (Å²) in [6.07, 6.45) is 0. The molecule has 2 rings (SSSR count). The average molecular weight is 338 g/mol. The minimum Gasteiger partial charge on any atom is -0.364 e. The fourth-order valence-electron chi connectivity index (χ4n) is 1.47. The maximum atomic E-state index is 13.1. The molecular formula is C13H9BrFN3O2. The van der Waals surface area contributed by atoms with Gasteiger partial charge in [-0.05, 0) is 46.3 Å². The summed E-state index contributed by atoms with van der Waals surface area (Å²) in [5.41, 5.74) is 5.40. The summed E-state index contributed by atoms with van der Waals surface area (Å²) in [6, 6.07) is 8.36. The Morgan fingerprint density at radius 1 is 1.25 bits per heavy atom. The molecular weight excluding hydrogens is 329 g/mol. The molecule has 1 aromatic carbocycles. The highest BCUT2D eigenvalue weighted by Gasteiger charge is 2.10. The van der Waals surface area contributed by atoms with Gasteiger partial charge in [0, 0.05) is 5.56 Å². The predicted octanol–water partition coefficient (Wildman–Crippen LogP) is 2.33. The topological polar surface area (TPSA) is 85.1 Å². The summed E-state index contributed by atoms with van der Waals surface area (Å²) in [7, 11) is 0. The number of carbonyl (C=O) groups excluding carboxylic acids is 2. The van der Waals surface area contributed by atoms with Gasteiger partial charge in [0.1, 0.15) is 17.3 Å². The Hall–Kier alpha value is -2.28. The minimum absolute atomic E-state index is 0.0445. The minimum atomic E-state index is -0.689. The van der Waals surface area contributed by atoms with Crippen LogP contribution in [0.4, 0.5) is 10.2 Å². The zero-order valence-electron chi connectivity index (χ0n) is 10.1. The smallest absolute Gasteiger partial charge is 0.267 e. The number of halogens is 2. The van der Waals surface area contributed by atoms with Crippen molar-refractivity contribution in [2.24, 2.45) is 5.73 Å². The second-order valence-corrected chi connectivity index (χ2v) is 4.71. The fourth-order valence-corrected chi connectivity index (χ4v) is 1.85. The van der Waals surface area contributed by atoms with Gasteiger partial charge < -0.3 is 11.1 Å². The number of hydrogen-bond donors (Lipinski definition) is 2. The van der Waals surface area contributed by atoms with Crippen LogP contribution in [-0.2, 0) is 0 Å². The van der Waals surface area contributed by atoms with E-state index >= 15 is 0 Å². The molecule has 0 bridgehead atoms. The van der Waals surface area contributed by atoms with Crippen LogP contribution in [0.1, 0.15) is 20.8 Å². The Balaban J connectivity index is 2.21. The first-order valence-electron chi connectivity index (χ1n) is 5.50. The maximum Gasteiger partial charge on any atom is 0.267 e. The third-order valence-corrected chi connectivity index (χ3v) is 3.03. The van der Waals surface area contributed by atoms with Crippen LogP contribution >= 0.6 is 15.9 Å². The van der Waals surface area contributed by atoms with Gasteiger partial charge in [-0.15, -0.1) is 0 Å². The van der Waals surface area contributed by atoms with Gasteiger partial charge in [0.25, 0.3) is 11.8 Å². The van der Waals surface area contributed by atoms with Crippen LogP contribution in [-0.4, -0.2) is 16.8 Å². The molecule has 0 aliphatic carbocycles. The van der Waals surface area contributed by atoms with Gasteiger partial charge in [-0.25, -0.2) is 9.37 Å². The van der Waals surface area contributed by atoms with Crippen molar-refractivity contribution in [2.75, 3.05) is 5.32 Å². The third kappa shape index (κ3) is 3.18. The van der Waals surface area contributed by atoms with E-state index in [1.807, 2.05) is 0 Å². The Morgan fingerprint density at radius 3 is 2.65 bits per heavy atom. The SMILES string of the molecule is NC(=O)c1cccc(NC(=O)c2ccc(F)c(Br)c2)n1. The summed E-state index contributed by atoms with van der Waals surface area (Å²) in [6.45, 7) is 0. The van der Waals surface area contributed by atoms with E-state index in [1.165, 1.54) is 30.3 Å². The van der Waals surface area contributed by atoms with Crippen LogP contribution < -0.4 is 11.1 Å². The molecule has 3 N–H and O–H groups in total. The molecule has 102 valence electrons. The highest BCUT2D eigenvalue weighted by atomic mass is 79.9. The van der Waals surface area contributed by atoms with E-state index in [0.29, 0.717) is 0 Å². The van der Waals surface area contributed by atoms with E-state index in [9.17, 15) is 14.0 Å². The number of pyridine rings is 1. The lowest BCUT2D eigenvalue weighted by Crippen LogP contribution is -2.17. The van der Waals surface area contributed by atoms with Gasteiger partial charge in [-0.1, -0.05) is 6.07 Å². The molecule has 0 spiro atoms. The van der Waals surface area contributed by atoms with Gasteiger partial charge in [0.2, 0.25) is 0 Å². The average Bonchev–Trinajstić information content (AvgIpc) is 2.42. The molecule has 2 amide bonds. The van der Waals surface area contributed by atoms with E-state index in [1.54, 1.807) is 6.07 Å². The fraction of sp³-hybridized carbons (Fsp3) is 0. The standard InChI is InChI=1S/C13H9BrFN3O2/c14-8-6-7(4-5-9(8)15)13(20)18-11-3-1-2-10(17-11)12(16)19/h1-6H,(H2,16,19)(H,17,18,20). The molecule has 0 unspecified atom stereocenters. The monoisotopic (exact) mass is 337 g/mol. The van der Waals surface area contributed by atoms with Crippen molar-refractivity contribution in [1.29, 1.82) is 0 Å². The van der Waals surface area contributed by atoms with Crippen LogP contribution in [0.3, 0.4) is 0 Å². The van der Waals surface area contributed by atoms with Crippen LogP contribution in [0.2, 0.25) is 0 Å². The molecule has 0 saturated heterocycles. The molecule has 0 saturated carbocycles. The third-order valence-electron chi connectivity index (χ3n) is 2.42. The first kappa shape index (κ1) is 14.1. The highest BCUT2D eigenvalue weighted by molar-refractivity contribution is 9.10. The lowest BCUT2D eigenvalue weighted by molar-refractivity contribution is 0.0991. The molecule has 0 fully saturated rings.